The van der Waals surface area contributed by atoms with Gasteiger partial charge in [-0.1, -0.05) is 12.8 Å². The van der Waals surface area contributed by atoms with Gasteiger partial charge >= 0.3 is 0 Å². The molecule has 17 heavy (non-hydrogen) atoms. The summed E-state index contributed by atoms with van der Waals surface area (Å²) < 4.78 is 26.7. The van der Waals surface area contributed by atoms with Gasteiger partial charge in [-0.05, 0) is 38.1 Å². The van der Waals surface area contributed by atoms with Crippen molar-refractivity contribution in [3.8, 4) is 0 Å². The number of sulfonamides is 1. The molecule has 0 unspecified atom stereocenters. The molecule has 1 atom stereocenters. The summed E-state index contributed by atoms with van der Waals surface area (Å²) in [4.78, 5) is 0. The topological polar surface area (TPSA) is 58.2 Å². The molecule has 1 saturated heterocycles. The molecular formula is C11H23ClN2O2S. The average Bonchev–Trinajstić information content (AvgIpc) is 2.70. The third-order valence-electron chi connectivity index (χ3n) is 3.57. The zero-order valence-corrected chi connectivity index (χ0v) is 11.8. The first-order valence-corrected chi connectivity index (χ1v) is 8.02. The van der Waals surface area contributed by atoms with Crippen molar-refractivity contribution in [1.82, 2.24) is 10.0 Å². The maximum Gasteiger partial charge on any atom is 0.212 e. The molecule has 0 aromatic rings. The molecule has 1 saturated carbocycles. The number of piperidine rings is 1. The molecule has 2 N–H and O–H groups in total. The third kappa shape index (κ3) is 5.12. The molecule has 6 heteroatoms. The van der Waals surface area contributed by atoms with Crippen LogP contribution in [0.15, 0.2) is 0 Å². The van der Waals surface area contributed by atoms with Gasteiger partial charge in [-0.25, -0.2) is 13.1 Å². The molecule has 102 valence electrons. The minimum Gasteiger partial charge on any atom is -0.315 e. The Kier molecular flexibility index (Phi) is 6.20. The summed E-state index contributed by atoms with van der Waals surface area (Å²) in [6.45, 7) is 1.80. The number of nitrogens with one attached hydrogen (secondary N) is 2. The Morgan fingerprint density at radius 3 is 2.41 bits per heavy atom. The largest absolute Gasteiger partial charge is 0.315 e. The molecule has 2 rings (SSSR count). The first-order valence-electron chi connectivity index (χ1n) is 6.36. The van der Waals surface area contributed by atoms with E-state index < -0.39 is 10.0 Å². The normalized spacial score (nSPS) is 26.7. The van der Waals surface area contributed by atoms with Gasteiger partial charge in [-0.15, -0.1) is 12.4 Å². The van der Waals surface area contributed by atoms with Crippen LogP contribution >= 0.6 is 12.4 Å². The number of hydrogen-bond acceptors (Lipinski definition) is 3. The fraction of sp³-hybridized carbons (Fsp3) is 1.00. The molecule has 4 nitrogen and oxygen atoms in total. The molecule has 0 amide bonds. The molecule has 0 aromatic heterocycles. The summed E-state index contributed by atoms with van der Waals surface area (Å²) in [5.41, 5.74) is 0. The minimum atomic E-state index is -3.05. The fourth-order valence-corrected chi connectivity index (χ4v) is 4.50. The zero-order valence-electron chi connectivity index (χ0n) is 10.2. The van der Waals surface area contributed by atoms with Crippen molar-refractivity contribution in [2.24, 2.45) is 5.92 Å². The quantitative estimate of drug-likeness (QED) is 0.816. The van der Waals surface area contributed by atoms with Crippen LogP contribution in [0.3, 0.4) is 0 Å². The van der Waals surface area contributed by atoms with Crippen LogP contribution in [0.5, 0.6) is 0 Å². The standard InChI is InChI=1S/C11H22N2O2S.ClH/c14-16(15,9-10-4-1-2-5-10)13-11-6-3-7-12-8-11;/h10-13H,1-9H2;1H/t11-;/m0./s1. The van der Waals surface area contributed by atoms with Gasteiger partial charge in [0.05, 0.1) is 5.75 Å². The van der Waals surface area contributed by atoms with Crippen LogP contribution in [0.25, 0.3) is 0 Å². The van der Waals surface area contributed by atoms with Crippen molar-refractivity contribution in [1.29, 1.82) is 0 Å². The molecule has 2 aliphatic rings. The van der Waals surface area contributed by atoms with E-state index in [0.29, 0.717) is 11.7 Å². The van der Waals surface area contributed by atoms with Gasteiger partial charge in [0.2, 0.25) is 10.0 Å². The fourth-order valence-electron chi connectivity index (χ4n) is 2.74. The van der Waals surface area contributed by atoms with E-state index in [1.807, 2.05) is 0 Å². The highest BCUT2D eigenvalue weighted by Crippen LogP contribution is 2.25. The SMILES string of the molecule is Cl.O=S(=O)(CC1CCCC1)N[C@H]1CCCNC1. The Labute approximate surface area is 110 Å². The second-order valence-corrected chi connectivity index (χ2v) is 6.89. The van der Waals surface area contributed by atoms with Gasteiger partial charge in [0.15, 0.2) is 0 Å². The predicted molar refractivity (Wildman–Crippen MR) is 72.0 cm³/mol. The molecule has 0 aromatic carbocycles. The number of halogens is 1. The maximum absolute atomic E-state index is 11.9. The van der Waals surface area contributed by atoms with Crippen molar-refractivity contribution in [2.45, 2.75) is 44.6 Å². The van der Waals surface area contributed by atoms with Crippen molar-refractivity contribution >= 4 is 22.4 Å². The lowest BCUT2D eigenvalue weighted by Crippen LogP contribution is -2.46. The van der Waals surface area contributed by atoms with E-state index in [1.54, 1.807) is 0 Å². The first-order chi connectivity index (χ1) is 7.66. The van der Waals surface area contributed by atoms with E-state index in [0.717, 1.165) is 38.8 Å². The van der Waals surface area contributed by atoms with Gasteiger partial charge in [0.1, 0.15) is 0 Å². The van der Waals surface area contributed by atoms with Gasteiger partial charge < -0.3 is 5.32 Å². The summed E-state index contributed by atoms with van der Waals surface area (Å²) >= 11 is 0. The van der Waals surface area contributed by atoms with Crippen molar-refractivity contribution < 1.29 is 8.42 Å². The van der Waals surface area contributed by atoms with Crippen LogP contribution in [0, 0.1) is 5.92 Å². The van der Waals surface area contributed by atoms with Gasteiger partial charge in [0, 0.05) is 12.6 Å². The Hall–Kier alpha value is 0.160. The molecule has 1 aliphatic carbocycles. The lowest BCUT2D eigenvalue weighted by Gasteiger charge is -2.24. The lowest BCUT2D eigenvalue weighted by molar-refractivity contribution is 0.426. The monoisotopic (exact) mass is 282 g/mol. The second kappa shape index (κ2) is 6.92. The molecule has 2 fully saturated rings. The third-order valence-corrected chi connectivity index (χ3v) is 5.18. The highest BCUT2D eigenvalue weighted by Gasteiger charge is 2.25. The van der Waals surface area contributed by atoms with Crippen LogP contribution in [0.1, 0.15) is 38.5 Å². The van der Waals surface area contributed by atoms with Gasteiger partial charge in [0.25, 0.3) is 0 Å². The summed E-state index contributed by atoms with van der Waals surface area (Å²) in [6.07, 6.45) is 6.61. The van der Waals surface area contributed by atoms with Gasteiger partial charge in [-0.2, -0.15) is 0 Å². The van der Waals surface area contributed by atoms with E-state index in [2.05, 4.69) is 10.0 Å². The Balaban J connectivity index is 0.00000144. The van der Waals surface area contributed by atoms with Crippen LogP contribution in [-0.2, 0) is 10.0 Å². The van der Waals surface area contributed by atoms with Crippen LogP contribution in [-0.4, -0.2) is 33.3 Å². The Morgan fingerprint density at radius 1 is 1.12 bits per heavy atom. The molecule has 1 heterocycles. The van der Waals surface area contributed by atoms with Gasteiger partial charge in [-0.3, -0.25) is 0 Å². The average molecular weight is 283 g/mol. The van der Waals surface area contributed by atoms with Crippen molar-refractivity contribution in [2.75, 3.05) is 18.8 Å². The zero-order chi connectivity index (χ0) is 11.4. The molecule has 0 spiro atoms. The van der Waals surface area contributed by atoms with E-state index >= 15 is 0 Å². The molecular weight excluding hydrogens is 260 g/mol. The molecule has 0 radical (unpaired) electrons. The van der Waals surface area contributed by atoms with Crippen molar-refractivity contribution in [3.63, 3.8) is 0 Å². The number of hydrogen-bond donors (Lipinski definition) is 2. The molecule has 1 aliphatic heterocycles. The Morgan fingerprint density at radius 2 is 1.82 bits per heavy atom. The Bertz CT molecular complexity index is 309. The van der Waals surface area contributed by atoms with E-state index in [9.17, 15) is 8.42 Å². The summed E-state index contributed by atoms with van der Waals surface area (Å²) in [7, 11) is -3.05. The van der Waals surface area contributed by atoms with Crippen LogP contribution in [0.4, 0.5) is 0 Å². The summed E-state index contributed by atoms with van der Waals surface area (Å²) in [5, 5.41) is 3.22. The number of rotatable bonds is 4. The summed E-state index contributed by atoms with van der Waals surface area (Å²) in [5.74, 6) is 0.734. The minimum absolute atomic E-state index is 0. The highest BCUT2D eigenvalue weighted by atomic mass is 35.5. The maximum atomic E-state index is 11.9. The van der Waals surface area contributed by atoms with E-state index in [1.165, 1.54) is 12.8 Å². The summed E-state index contributed by atoms with van der Waals surface area (Å²) in [6, 6.07) is 0.111. The second-order valence-electron chi connectivity index (χ2n) is 5.09. The van der Waals surface area contributed by atoms with Crippen molar-refractivity contribution in [3.05, 3.63) is 0 Å². The first kappa shape index (κ1) is 15.2. The molecule has 0 bridgehead atoms. The van der Waals surface area contributed by atoms with Crippen LogP contribution in [0.2, 0.25) is 0 Å². The highest BCUT2D eigenvalue weighted by molar-refractivity contribution is 7.89. The predicted octanol–water partition coefficient (Wildman–Crippen LogP) is 1.27. The van der Waals surface area contributed by atoms with Crippen LogP contribution < -0.4 is 10.0 Å². The van der Waals surface area contributed by atoms with E-state index in [4.69, 9.17) is 0 Å². The van der Waals surface area contributed by atoms with E-state index in [-0.39, 0.29) is 18.4 Å². The smallest absolute Gasteiger partial charge is 0.212 e. The lowest BCUT2D eigenvalue weighted by atomic mass is 10.1.